The van der Waals surface area contributed by atoms with Crippen molar-refractivity contribution in [2.24, 2.45) is 0 Å². The van der Waals surface area contributed by atoms with Crippen molar-refractivity contribution in [3.8, 4) is 5.75 Å². The van der Waals surface area contributed by atoms with Crippen LogP contribution in [0.3, 0.4) is 0 Å². The van der Waals surface area contributed by atoms with Crippen LogP contribution in [0.15, 0.2) is 12.1 Å². The van der Waals surface area contributed by atoms with E-state index in [0.717, 1.165) is 24.1 Å². The number of benzene rings is 1. The number of ether oxygens (including phenoxy) is 2. The minimum atomic E-state index is -1.22. The summed E-state index contributed by atoms with van der Waals surface area (Å²) in [5, 5.41) is 8.89. The van der Waals surface area contributed by atoms with Gasteiger partial charge in [0.05, 0.1) is 20.3 Å². The number of carbonyl (C=O) groups excluding carboxylic acids is 1. The second-order valence-electron chi connectivity index (χ2n) is 4.39. The highest BCUT2D eigenvalue weighted by Gasteiger charge is 2.32. The largest absolute Gasteiger partial charge is 0.493 e. The maximum atomic E-state index is 13.8. The number of aliphatic carboxylic acids is 1. The fourth-order valence-corrected chi connectivity index (χ4v) is 2.07. The number of hydrogen-bond acceptors (Lipinski definition) is 4. The molecule has 0 bridgehead atoms. The first-order valence-electron chi connectivity index (χ1n) is 6.11. The summed E-state index contributed by atoms with van der Waals surface area (Å²) in [6.07, 6.45) is -1.19. The molecular formula is C13H13F2NO5. The second kappa shape index (κ2) is 6.04. The molecule has 1 aliphatic rings. The molecule has 0 aromatic heterocycles. The van der Waals surface area contributed by atoms with Gasteiger partial charge >= 0.3 is 5.97 Å². The van der Waals surface area contributed by atoms with Gasteiger partial charge < -0.3 is 19.5 Å². The fraction of sp³-hybridized carbons (Fsp3) is 0.385. The zero-order valence-corrected chi connectivity index (χ0v) is 11.1. The summed E-state index contributed by atoms with van der Waals surface area (Å²) < 4.78 is 37.1. The number of carbonyl (C=O) groups is 2. The van der Waals surface area contributed by atoms with Crippen molar-refractivity contribution in [3.05, 3.63) is 29.3 Å². The van der Waals surface area contributed by atoms with Crippen LogP contribution in [-0.4, -0.2) is 54.8 Å². The van der Waals surface area contributed by atoms with Crippen molar-refractivity contribution in [2.75, 3.05) is 26.8 Å². The van der Waals surface area contributed by atoms with Gasteiger partial charge in [-0.3, -0.25) is 4.79 Å². The molecule has 0 spiro atoms. The first-order valence-corrected chi connectivity index (χ1v) is 6.11. The standard InChI is InChI=1S/C13H13F2NO5/c1-20-11-8(15)3-2-7(14)10(11)12(17)16-4-5-21-9(6-16)13(18)19/h2-3,9H,4-6H2,1H3,(H,18,19)/t9-/m1/s1. The Morgan fingerprint density at radius 2 is 2.05 bits per heavy atom. The van der Waals surface area contributed by atoms with E-state index in [2.05, 4.69) is 0 Å². The molecule has 1 N–H and O–H groups in total. The number of carboxylic acids is 1. The number of methoxy groups -OCH3 is 1. The Balaban J connectivity index is 2.32. The second-order valence-corrected chi connectivity index (χ2v) is 4.39. The molecule has 1 atom stereocenters. The summed E-state index contributed by atoms with van der Waals surface area (Å²) in [5.74, 6) is -4.36. The molecule has 1 aromatic rings. The molecule has 1 aromatic carbocycles. The molecule has 0 saturated carbocycles. The maximum Gasteiger partial charge on any atom is 0.334 e. The Hall–Kier alpha value is -2.22. The highest BCUT2D eigenvalue weighted by molar-refractivity contribution is 5.97. The van der Waals surface area contributed by atoms with Gasteiger partial charge in [0.1, 0.15) is 11.4 Å². The molecule has 1 aliphatic heterocycles. The van der Waals surface area contributed by atoms with Gasteiger partial charge in [0.25, 0.3) is 5.91 Å². The SMILES string of the molecule is COc1c(F)ccc(F)c1C(=O)N1CCO[C@@H](C(=O)O)C1. The Kier molecular flexibility index (Phi) is 4.37. The average Bonchev–Trinajstić information content (AvgIpc) is 2.48. The summed E-state index contributed by atoms with van der Waals surface area (Å²) in [4.78, 5) is 24.3. The van der Waals surface area contributed by atoms with Crippen molar-refractivity contribution >= 4 is 11.9 Å². The number of hydrogen-bond donors (Lipinski definition) is 1. The van der Waals surface area contributed by atoms with Crippen molar-refractivity contribution in [1.29, 1.82) is 0 Å². The number of carboxylic acid groups (broad SMARTS) is 1. The monoisotopic (exact) mass is 301 g/mol. The Morgan fingerprint density at radius 1 is 1.38 bits per heavy atom. The van der Waals surface area contributed by atoms with E-state index in [1.54, 1.807) is 0 Å². The van der Waals surface area contributed by atoms with Gasteiger partial charge in [-0.25, -0.2) is 13.6 Å². The van der Waals surface area contributed by atoms with Crippen LogP contribution >= 0.6 is 0 Å². The number of halogens is 2. The zero-order chi connectivity index (χ0) is 15.6. The lowest BCUT2D eigenvalue weighted by Gasteiger charge is -2.31. The predicted octanol–water partition coefficient (Wildman–Crippen LogP) is 0.899. The first kappa shape index (κ1) is 15.2. The number of nitrogens with zero attached hydrogens (tertiary/aromatic N) is 1. The minimum Gasteiger partial charge on any atom is -0.493 e. The van der Waals surface area contributed by atoms with E-state index >= 15 is 0 Å². The highest BCUT2D eigenvalue weighted by atomic mass is 19.1. The molecule has 1 amide bonds. The van der Waals surface area contributed by atoms with E-state index in [1.165, 1.54) is 0 Å². The third kappa shape index (κ3) is 2.94. The molecule has 1 heterocycles. The smallest absolute Gasteiger partial charge is 0.334 e. The van der Waals surface area contributed by atoms with Gasteiger partial charge in [-0.1, -0.05) is 0 Å². The van der Waals surface area contributed by atoms with Gasteiger partial charge in [-0.15, -0.1) is 0 Å². The Morgan fingerprint density at radius 3 is 2.67 bits per heavy atom. The van der Waals surface area contributed by atoms with Crippen LogP contribution in [0.4, 0.5) is 8.78 Å². The van der Waals surface area contributed by atoms with Gasteiger partial charge in [0.2, 0.25) is 0 Å². The summed E-state index contributed by atoms with van der Waals surface area (Å²) >= 11 is 0. The van der Waals surface area contributed by atoms with E-state index in [4.69, 9.17) is 14.6 Å². The van der Waals surface area contributed by atoms with Crippen LogP contribution in [0.25, 0.3) is 0 Å². The molecule has 0 radical (unpaired) electrons. The lowest BCUT2D eigenvalue weighted by atomic mass is 10.1. The Bertz CT molecular complexity index is 578. The number of rotatable bonds is 3. The normalized spacial score (nSPS) is 18.4. The number of morpholine rings is 1. The third-order valence-electron chi connectivity index (χ3n) is 3.11. The molecule has 21 heavy (non-hydrogen) atoms. The van der Waals surface area contributed by atoms with Crippen LogP contribution in [0.5, 0.6) is 5.75 Å². The number of amides is 1. The van der Waals surface area contributed by atoms with Gasteiger partial charge in [0.15, 0.2) is 17.7 Å². The van der Waals surface area contributed by atoms with Crippen LogP contribution in [0.1, 0.15) is 10.4 Å². The molecule has 8 heteroatoms. The molecule has 6 nitrogen and oxygen atoms in total. The molecular weight excluding hydrogens is 288 g/mol. The maximum absolute atomic E-state index is 13.8. The van der Waals surface area contributed by atoms with E-state index in [0.29, 0.717) is 0 Å². The van der Waals surface area contributed by atoms with E-state index in [9.17, 15) is 18.4 Å². The third-order valence-corrected chi connectivity index (χ3v) is 3.11. The van der Waals surface area contributed by atoms with Crippen molar-refractivity contribution in [2.45, 2.75) is 6.10 Å². The van der Waals surface area contributed by atoms with Crippen LogP contribution in [-0.2, 0) is 9.53 Å². The highest BCUT2D eigenvalue weighted by Crippen LogP contribution is 2.27. The van der Waals surface area contributed by atoms with Crippen molar-refractivity contribution in [3.63, 3.8) is 0 Å². The molecule has 1 fully saturated rings. The summed E-state index contributed by atoms with van der Waals surface area (Å²) in [6, 6.07) is 1.67. The molecule has 0 aliphatic carbocycles. The van der Waals surface area contributed by atoms with E-state index in [-0.39, 0.29) is 19.7 Å². The summed E-state index contributed by atoms with van der Waals surface area (Å²) in [6.45, 7) is -0.156. The molecule has 114 valence electrons. The van der Waals surface area contributed by atoms with Gasteiger partial charge in [-0.05, 0) is 12.1 Å². The van der Waals surface area contributed by atoms with E-state index < -0.39 is 40.9 Å². The predicted molar refractivity (Wildman–Crippen MR) is 66.2 cm³/mol. The van der Waals surface area contributed by atoms with Gasteiger partial charge in [0, 0.05) is 6.54 Å². The summed E-state index contributed by atoms with van der Waals surface area (Å²) in [5.41, 5.74) is -0.552. The van der Waals surface area contributed by atoms with Gasteiger partial charge in [-0.2, -0.15) is 0 Å². The van der Waals surface area contributed by atoms with Crippen LogP contribution in [0.2, 0.25) is 0 Å². The zero-order valence-electron chi connectivity index (χ0n) is 11.1. The average molecular weight is 301 g/mol. The fourth-order valence-electron chi connectivity index (χ4n) is 2.07. The lowest BCUT2D eigenvalue weighted by molar-refractivity contribution is -0.154. The van der Waals surface area contributed by atoms with Crippen molar-refractivity contribution < 1.29 is 33.0 Å². The molecule has 0 unspecified atom stereocenters. The topological polar surface area (TPSA) is 76.1 Å². The Labute approximate surface area is 118 Å². The van der Waals surface area contributed by atoms with E-state index in [1.807, 2.05) is 0 Å². The van der Waals surface area contributed by atoms with Crippen molar-refractivity contribution in [1.82, 2.24) is 4.90 Å². The lowest BCUT2D eigenvalue weighted by Crippen LogP contribution is -2.48. The molecule has 2 rings (SSSR count). The molecule has 1 saturated heterocycles. The quantitative estimate of drug-likeness (QED) is 0.897. The first-order chi connectivity index (χ1) is 9.95. The van der Waals surface area contributed by atoms with Crippen LogP contribution in [0, 0.1) is 11.6 Å². The summed E-state index contributed by atoms with van der Waals surface area (Å²) in [7, 11) is 1.12. The van der Waals surface area contributed by atoms with Crippen LogP contribution < -0.4 is 4.74 Å². The minimum absolute atomic E-state index is 0.00194.